The van der Waals surface area contributed by atoms with Gasteiger partial charge in [0, 0.05) is 21.5 Å². The number of hydrogen-bond donors (Lipinski definition) is 0. The summed E-state index contributed by atoms with van der Waals surface area (Å²) in [6.07, 6.45) is 1.53. The fourth-order valence-electron chi connectivity index (χ4n) is 1.26. The fraction of sp³-hybridized carbons (Fsp3) is 0.0833. The summed E-state index contributed by atoms with van der Waals surface area (Å²) in [7, 11) is 0. The number of hydrogen-bond acceptors (Lipinski definition) is 2. The van der Waals surface area contributed by atoms with Gasteiger partial charge < -0.3 is 5.21 Å². The van der Waals surface area contributed by atoms with Gasteiger partial charge >= 0.3 is 0 Å². The van der Waals surface area contributed by atoms with E-state index in [4.69, 9.17) is 0 Å². The van der Waals surface area contributed by atoms with E-state index in [9.17, 15) is 5.21 Å². The van der Waals surface area contributed by atoms with E-state index in [0.29, 0.717) is 5.75 Å². The Morgan fingerprint density at radius 2 is 1.82 bits per heavy atom. The molecule has 0 saturated carbocycles. The van der Waals surface area contributed by atoms with Gasteiger partial charge in [-0.1, -0.05) is 15.9 Å². The molecule has 0 amide bonds. The molecule has 2 aromatic rings. The standard InChI is InChI=1S/C12H10BrNOS.ClH/c13-10-4-6-12(7-5-10)16-9-11-3-1-2-8-14(11)15;/h1-8H,9H2;1H. The zero-order valence-corrected chi connectivity index (χ0v) is 12.1. The number of halogens is 2. The van der Waals surface area contributed by atoms with Gasteiger partial charge in [0.25, 0.3) is 0 Å². The van der Waals surface area contributed by atoms with Crippen LogP contribution >= 0.6 is 40.1 Å². The van der Waals surface area contributed by atoms with E-state index >= 15 is 0 Å². The zero-order chi connectivity index (χ0) is 11.4. The molecular formula is C12H11BrClNOS. The average Bonchev–Trinajstić information content (AvgIpc) is 2.30. The summed E-state index contributed by atoms with van der Waals surface area (Å²) >= 11 is 5.04. The molecule has 1 aromatic carbocycles. The van der Waals surface area contributed by atoms with E-state index in [-0.39, 0.29) is 12.4 Å². The lowest BCUT2D eigenvalue weighted by Crippen LogP contribution is -2.30. The van der Waals surface area contributed by atoms with Crippen LogP contribution in [0.4, 0.5) is 0 Å². The first kappa shape index (κ1) is 14.4. The second-order valence-corrected chi connectivity index (χ2v) is 5.22. The molecule has 0 aliphatic rings. The summed E-state index contributed by atoms with van der Waals surface area (Å²) in [4.78, 5) is 1.16. The number of pyridine rings is 1. The van der Waals surface area contributed by atoms with Crippen molar-refractivity contribution in [2.24, 2.45) is 0 Å². The van der Waals surface area contributed by atoms with E-state index in [1.54, 1.807) is 17.8 Å². The Morgan fingerprint density at radius 1 is 1.12 bits per heavy atom. The maximum Gasteiger partial charge on any atom is 0.203 e. The third-order valence-electron chi connectivity index (χ3n) is 2.10. The smallest absolute Gasteiger partial charge is 0.203 e. The van der Waals surface area contributed by atoms with Crippen molar-refractivity contribution in [2.45, 2.75) is 10.6 Å². The Labute approximate surface area is 119 Å². The molecule has 0 aliphatic heterocycles. The van der Waals surface area contributed by atoms with Crippen LogP contribution in [0.3, 0.4) is 0 Å². The topological polar surface area (TPSA) is 26.9 Å². The van der Waals surface area contributed by atoms with Crippen molar-refractivity contribution in [1.29, 1.82) is 0 Å². The van der Waals surface area contributed by atoms with E-state index in [2.05, 4.69) is 15.9 Å². The Hall–Kier alpha value is -0.710. The van der Waals surface area contributed by atoms with Crippen molar-refractivity contribution in [3.05, 3.63) is 64.0 Å². The molecule has 2 nitrogen and oxygen atoms in total. The van der Waals surface area contributed by atoms with E-state index in [0.717, 1.165) is 19.8 Å². The predicted octanol–water partition coefficient (Wildman–Crippen LogP) is 3.80. The van der Waals surface area contributed by atoms with Crippen molar-refractivity contribution >= 4 is 40.1 Å². The Kier molecular flexibility index (Phi) is 5.82. The van der Waals surface area contributed by atoms with E-state index in [1.165, 1.54) is 6.20 Å². The highest BCUT2D eigenvalue weighted by Gasteiger charge is 2.04. The molecule has 5 heteroatoms. The van der Waals surface area contributed by atoms with Crippen molar-refractivity contribution in [1.82, 2.24) is 0 Å². The summed E-state index contributed by atoms with van der Waals surface area (Å²) < 4.78 is 1.97. The average molecular weight is 333 g/mol. The van der Waals surface area contributed by atoms with Gasteiger partial charge in [0.2, 0.25) is 5.69 Å². The van der Waals surface area contributed by atoms with Gasteiger partial charge in [-0.15, -0.1) is 24.2 Å². The lowest BCUT2D eigenvalue weighted by molar-refractivity contribution is -0.612. The third kappa shape index (κ3) is 4.22. The Morgan fingerprint density at radius 3 is 2.47 bits per heavy atom. The number of aromatic nitrogens is 1. The largest absolute Gasteiger partial charge is 0.618 e. The molecule has 0 spiro atoms. The molecule has 0 radical (unpaired) electrons. The molecule has 0 fully saturated rings. The minimum atomic E-state index is 0. The van der Waals surface area contributed by atoms with Crippen LogP contribution in [0.1, 0.15) is 5.69 Å². The highest BCUT2D eigenvalue weighted by atomic mass is 79.9. The monoisotopic (exact) mass is 331 g/mol. The first-order valence-corrected chi connectivity index (χ1v) is 6.59. The van der Waals surface area contributed by atoms with Gasteiger partial charge in [0.15, 0.2) is 6.20 Å². The van der Waals surface area contributed by atoms with Crippen LogP contribution in [-0.4, -0.2) is 0 Å². The summed E-state index contributed by atoms with van der Waals surface area (Å²) in [5.74, 6) is 0.686. The normalized spacial score (nSPS) is 9.71. The molecule has 1 heterocycles. The van der Waals surface area contributed by atoms with Gasteiger partial charge in [0.05, 0.1) is 5.75 Å². The minimum absolute atomic E-state index is 0. The van der Waals surface area contributed by atoms with Crippen molar-refractivity contribution in [3.63, 3.8) is 0 Å². The first-order valence-electron chi connectivity index (χ1n) is 4.81. The van der Waals surface area contributed by atoms with Gasteiger partial charge in [-0.3, -0.25) is 0 Å². The molecule has 0 atom stereocenters. The third-order valence-corrected chi connectivity index (χ3v) is 3.68. The van der Waals surface area contributed by atoms with Crippen LogP contribution in [0.25, 0.3) is 0 Å². The predicted molar refractivity (Wildman–Crippen MR) is 76.4 cm³/mol. The van der Waals surface area contributed by atoms with Crippen LogP contribution in [0.2, 0.25) is 0 Å². The number of thioether (sulfide) groups is 1. The molecule has 0 N–H and O–H groups in total. The SMILES string of the molecule is Cl.[O-][n+]1ccccc1CSc1ccc(Br)cc1. The highest BCUT2D eigenvalue weighted by molar-refractivity contribution is 9.10. The van der Waals surface area contributed by atoms with Crippen molar-refractivity contribution < 1.29 is 4.73 Å². The maximum absolute atomic E-state index is 11.4. The summed E-state index contributed by atoms with van der Waals surface area (Å²) in [5.41, 5.74) is 0.774. The molecule has 1 aromatic heterocycles. The second kappa shape index (κ2) is 6.89. The Balaban J connectivity index is 0.00000144. The van der Waals surface area contributed by atoms with Crippen molar-refractivity contribution in [2.75, 3.05) is 0 Å². The van der Waals surface area contributed by atoms with Crippen LogP contribution < -0.4 is 4.73 Å². The quantitative estimate of drug-likeness (QED) is 0.486. The molecule has 2 rings (SSSR count). The van der Waals surface area contributed by atoms with Crippen LogP contribution in [-0.2, 0) is 5.75 Å². The lowest BCUT2D eigenvalue weighted by atomic mass is 10.4. The number of rotatable bonds is 3. The Bertz CT molecular complexity index is 478. The van der Waals surface area contributed by atoms with E-state index < -0.39 is 0 Å². The van der Waals surface area contributed by atoms with Crippen LogP contribution in [0, 0.1) is 5.21 Å². The van der Waals surface area contributed by atoms with Crippen LogP contribution in [0.15, 0.2) is 58.0 Å². The molecule has 0 bridgehead atoms. The highest BCUT2D eigenvalue weighted by Crippen LogP contribution is 2.23. The molecule has 0 saturated heterocycles. The number of benzene rings is 1. The zero-order valence-electron chi connectivity index (χ0n) is 8.88. The minimum Gasteiger partial charge on any atom is -0.618 e. The van der Waals surface area contributed by atoms with Gasteiger partial charge in [-0.25, -0.2) is 0 Å². The van der Waals surface area contributed by atoms with Gasteiger partial charge in [-0.05, 0) is 30.3 Å². The second-order valence-electron chi connectivity index (χ2n) is 3.26. The number of nitrogens with zero attached hydrogens (tertiary/aromatic N) is 1. The van der Waals surface area contributed by atoms with Gasteiger partial charge in [-0.2, -0.15) is 4.73 Å². The van der Waals surface area contributed by atoms with E-state index in [1.807, 2.05) is 36.4 Å². The first-order chi connectivity index (χ1) is 7.75. The molecule has 0 unspecified atom stereocenters. The van der Waals surface area contributed by atoms with Gasteiger partial charge in [0.1, 0.15) is 0 Å². The summed E-state index contributed by atoms with van der Waals surface area (Å²) in [5, 5.41) is 11.4. The molecular weight excluding hydrogens is 322 g/mol. The lowest BCUT2D eigenvalue weighted by Gasteiger charge is -2.03. The molecule has 17 heavy (non-hydrogen) atoms. The van der Waals surface area contributed by atoms with Crippen LogP contribution in [0.5, 0.6) is 0 Å². The summed E-state index contributed by atoms with van der Waals surface area (Å²) in [6, 6.07) is 13.5. The fourth-order valence-corrected chi connectivity index (χ4v) is 2.39. The molecule has 90 valence electrons. The maximum atomic E-state index is 11.4. The molecule has 0 aliphatic carbocycles. The summed E-state index contributed by atoms with van der Waals surface area (Å²) in [6.45, 7) is 0. The van der Waals surface area contributed by atoms with Crippen molar-refractivity contribution in [3.8, 4) is 0 Å².